The van der Waals surface area contributed by atoms with Gasteiger partial charge in [-0.25, -0.2) is 0 Å². The second-order valence-electron chi connectivity index (χ2n) is 17.7. The molecule has 0 bridgehead atoms. The van der Waals surface area contributed by atoms with Gasteiger partial charge in [0.15, 0.2) is 6.10 Å². The third-order valence-corrected chi connectivity index (χ3v) is 11.1. The highest BCUT2D eigenvalue weighted by atomic mass is 16.6. The molecule has 0 aromatic carbocycles. The minimum absolute atomic E-state index is 0.132. The van der Waals surface area contributed by atoms with Crippen molar-refractivity contribution in [3.63, 3.8) is 0 Å². The molecule has 69 heavy (non-hydrogen) atoms. The Bertz CT molecular complexity index is 1510. The van der Waals surface area contributed by atoms with E-state index in [2.05, 4.69) is 142 Å². The van der Waals surface area contributed by atoms with Crippen molar-refractivity contribution in [3.05, 3.63) is 134 Å². The average molecular weight is 953 g/mol. The van der Waals surface area contributed by atoms with Gasteiger partial charge in [-0.05, 0) is 122 Å². The SMILES string of the molecule is CC/C=C\C/C=C\C/C=C\C/C=C\C/C=C\CCCC(=O)O[C@H](COC(=O)CC/C=C\C/C=C\C/C=C\C/C=C\C/C=C\CCCCC)COC(=O)CCCCCCC/C=C\CCCCCCCC. The summed E-state index contributed by atoms with van der Waals surface area (Å²) < 4.78 is 16.7. The molecule has 0 aromatic rings. The van der Waals surface area contributed by atoms with E-state index in [9.17, 15) is 14.4 Å². The smallest absolute Gasteiger partial charge is 0.306 e. The van der Waals surface area contributed by atoms with Crippen molar-refractivity contribution in [2.24, 2.45) is 0 Å². The van der Waals surface area contributed by atoms with Gasteiger partial charge in [0.05, 0.1) is 0 Å². The van der Waals surface area contributed by atoms with E-state index in [1.807, 2.05) is 12.2 Å². The molecule has 388 valence electrons. The number of unbranched alkanes of at least 4 members (excludes halogenated alkanes) is 15. The number of ether oxygens (including phenoxy) is 3. The Labute approximate surface area is 424 Å². The van der Waals surface area contributed by atoms with Crippen molar-refractivity contribution in [3.8, 4) is 0 Å². The Balaban J connectivity index is 4.62. The van der Waals surface area contributed by atoms with Gasteiger partial charge in [0.25, 0.3) is 0 Å². The maximum atomic E-state index is 12.8. The highest BCUT2D eigenvalue weighted by Gasteiger charge is 2.19. The number of carbonyl (C=O) groups excluding carboxylic acids is 3. The normalized spacial score (nSPS) is 13.1. The molecule has 0 aliphatic carbocycles. The Morgan fingerprint density at radius 2 is 0.609 bits per heavy atom. The van der Waals surface area contributed by atoms with Gasteiger partial charge in [0.1, 0.15) is 13.2 Å². The topological polar surface area (TPSA) is 78.9 Å². The fraction of sp³-hybridized carbons (Fsp3) is 0.603. The molecule has 0 aromatic heterocycles. The first-order chi connectivity index (χ1) is 34.0. The van der Waals surface area contributed by atoms with Crippen LogP contribution in [0, 0.1) is 0 Å². The predicted octanol–water partition coefficient (Wildman–Crippen LogP) is 18.6. The molecule has 0 saturated carbocycles. The lowest BCUT2D eigenvalue weighted by molar-refractivity contribution is -0.166. The van der Waals surface area contributed by atoms with Gasteiger partial charge < -0.3 is 14.2 Å². The van der Waals surface area contributed by atoms with Crippen LogP contribution in [0.5, 0.6) is 0 Å². The van der Waals surface area contributed by atoms with Crippen LogP contribution in [-0.2, 0) is 28.6 Å². The standard InChI is InChI=1S/C63H100O6/c1-4-7-10-13-16-19-22-25-28-30-31-33-35-38-41-44-47-50-53-56-62(65)68-59-60(58-67-61(64)55-52-49-46-43-40-37-34-27-24-21-18-15-12-9-6-3)69-63(66)57-54-51-48-45-42-39-36-32-29-26-23-20-17-14-11-8-5-2/h8,11,16-17,19-20,25-29,31,33-34,36,38-39,41,45,47-48,50,60H,4-7,9-10,12-15,18,21-24,30,32,35,37,40,42-44,46,49,51-59H2,1-3H3/b11-8-,19-16-,20-17-,28-25-,29-26-,33-31-,34-27-,39-36-,41-38-,48-45-,50-47-/t60-/m0/s1. The first-order valence-electron chi connectivity index (χ1n) is 27.7. The van der Waals surface area contributed by atoms with Crippen LogP contribution in [0.1, 0.15) is 226 Å². The molecule has 1 atom stereocenters. The third-order valence-electron chi connectivity index (χ3n) is 11.1. The van der Waals surface area contributed by atoms with E-state index in [1.165, 1.54) is 77.0 Å². The van der Waals surface area contributed by atoms with Gasteiger partial charge in [0.2, 0.25) is 0 Å². The van der Waals surface area contributed by atoms with Crippen LogP contribution in [0.15, 0.2) is 134 Å². The van der Waals surface area contributed by atoms with Crippen LogP contribution in [0.2, 0.25) is 0 Å². The minimum Gasteiger partial charge on any atom is -0.462 e. The number of hydrogen-bond donors (Lipinski definition) is 0. The van der Waals surface area contributed by atoms with Gasteiger partial charge in [-0.15, -0.1) is 0 Å². The lowest BCUT2D eigenvalue weighted by atomic mass is 10.1. The van der Waals surface area contributed by atoms with Gasteiger partial charge in [0, 0.05) is 19.3 Å². The summed E-state index contributed by atoms with van der Waals surface area (Å²) in [4.78, 5) is 38.1. The Kier molecular flexibility index (Phi) is 52.5. The Hall–Kier alpha value is -4.45. The molecule has 0 radical (unpaired) electrons. The van der Waals surface area contributed by atoms with E-state index in [-0.39, 0.29) is 38.0 Å². The average Bonchev–Trinajstić information content (AvgIpc) is 3.35. The summed E-state index contributed by atoms with van der Waals surface area (Å²) in [7, 11) is 0. The van der Waals surface area contributed by atoms with Gasteiger partial charge in [-0.1, -0.05) is 219 Å². The van der Waals surface area contributed by atoms with Crippen molar-refractivity contribution >= 4 is 17.9 Å². The lowest BCUT2D eigenvalue weighted by Crippen LogP contribution is -2.30. The fourth-order valence-electron chi connectivity index (χ4n) is 6.98. The molecule has 0 amide bonds. The zero-order chi connectivity index (χ0) is 50.0. The van der Waals surface area contributed by atoms with Crippen molar-refractivity contribution < 1.29 is 28.6 Å². The van der Waals surface area contributed by atoms with Crippen molar-refractivity contribution in [2.75, 3.05) is 13.2 Å². The second kappa shape index (κ2) is 56.1. The molecule has 0 fully saturated rings. The van der Waals surface area contributed by atoms with E-state index in [0.29, 0.717) is 19.3 Å². The van der Waals surface area contributed by atoms with Crippen LogP contribution in [0.3, 0.4) is 0 Å². The number of carbonyl (C=O) groups is 3. The molecule has 0 heterocycles. The van der Waals surface area contributed by atoms with E-state index in [0.717, 1.165) is 96.3 Å². The molecule has 0 aliphatic heterocycles. The molecule has 0 rings (SSSR count). The first kappa shape index (κ1) is 64.5. The lowest BCUT2D eigenvalue weighted by Gasteiger charge is -2.18. The molecule has 0 N–H and O–H groups in total. The zero-order valence-electron chi connectivity index (χ0n) is 44.3. The van der Waals surface area contributed by atoms with E-state index >= 15 is 0 Å². The highest BCUT2D eigenvalue weighted by molar-refractivity contribution is 5.71. The molecule has 0 saturated heterocycles. The van der Waals surface area contributed by atoms with Crippen LogP contribution in [0.4, 0.5) is 0 Å². The molecular weight excluding hydrogens is 853 g/mol. The number of allylic oxidation sites excluding steroid dienone is 22. The molecule has 0 unspecified atom stereocenters. The molecule has 0 aliphatic rings. The molecule has 6 nitrogen and oxygen atoms in total. The van der Waals surface area contributed by atoms with Crippen LogP contribution in [-0.4, -0.2) is 37.2 Å². The first-order valence-corrected chi connectivity index (χ1v) is 27.7. The maximum absolute atomic E-state index is 12.8. The summed E-state index contributed by atoms with van der Waals surface area (Å²) in [6.45, 7) is 6.36. The number of rotatable bonds is 48. The number of esters is 3. The van der Waals surface area contributed by atoms with Crippen molar-refractivity contribution in [1.82, 2.24) is 0 Å². The second-order valence-corrected chi connectivity index (χ2v) is 17.7. The van der Waals surface area contributed by atoms with E-state index in [4.69, 9.17) is 14.2 Å². The van der Waals surface area contributed by atoms with Gasteiger partial charge in [-0.2, -0.15) is 0 Å². The van der Waals surface area contributed by atoms with Crippen molar-refractivity contribution in [2.45, 2.75) is 232 Å². The quantitative estimate of drug-likeness (QED) is 0.0262. The van der Waals surface area contributed by atoms with Gasteiger partial charge in [-0.3, -0.25) is 14.4 Å². The Morgan fingerprint density at radius 1 is 0.304 bits per heavy atom. The fourth-order valence-corrected chi connectivity index (χ4v) is 6.98. The zero-order valence-corrected chi connectivity index (χ0v) is 44.3. The monoisotopic (exact) mass is 953 g/mol. The summed E-state index contributed by atoms with van der Waals surface area (Å²) in [5.41, 5.74) is 0. The van der Waals surface area contributed by atoms with Crippen LogP contribution >= 0.6 is 0 Å². The largest absolute Gasteiger partial charge is 0.462 e. The molecule has 6 heteroatoms. The highest BCUT2D eigenvalue weighted by Crippen LogP contribution is 2.12. The van der Waals surface area contributed by atoms with Crippen molar-refractivity contribution in [1.29, 1.82) is 0 Å². The summed E-state index contributed by atoms with van der Waals surface area (Å²) in [6, 6.07) is 0. The maximum Gasteiger partial charge on any atom is 0.306 e. The summed E-state index contributed by atoms with van der Waals surface area (Å²) >= 11 is 0. The number of hydrogen-bond acceptors (Lipinski definition) is 6. The third kappa shape index (κ3) is 54.4. The van der Waals surface area contributed by atoms with Crippen LogP contribution in [0.25, 0.3) is 0 Å². The summed E-state index contributed by atoms with van der Waals surface area (Å²) in [5, 5.41) is 0. The summed E-state index contributed by atoms with van der Waals surface area (Å²) in [5.74, 6) is -1.09. The molecular formula is C63H100O6. The summed E-state index contributed by atoms with van der Waals surface area (Å²) in [6.07, 6.45) is 78.8. The van der Waals surface area contributed by atoms with Crippen LogP contribution < -0.4 is 0 Å². The minimum atomic E-state index is -0.846. The van der Waals surface area contributed by atoms with E-state index in [1.54, 1.807) is 0 Å². The predicted molar refractivity (Wildman–Crippen MR) is 297 cm³/mol. The van der Waals surface area contributed by atoms with E-state index < -0.39 is 12.1 Å². The molecule has 0 spiro atoms. The van der Waals surface area contributed by atoms with Gasteiger partial charge >= 0.3 is 17.9 Å². The Morgan fingerprint density at radius 3 is 1.06 bits per heavy atom.